The average molecular weight is 469 g/mol. The quantitative estimate of drug-likeness (QED) is 0.463. The standard InChI is InChI=1S/C26H29FN2O3S/c1-19-6-12-25(13-7-19)33(31,32)29(24-16-20(2)15-21(3)17-24)18-26(30)28-14-4-5-22-8-10-23(27)11-9-22/h6-13,15-17H,4-5,14,18H2,1-3H3,(H,28,30). The van der Waals surface area contributed by atoms with E-state index >= 15 is 0 Å². The van der Waals surface area contributed by atoms with Gasteiger partial charge in [0.2, 0.25) is 5.91 Å². The first kappa shape index (κ1) is 24.5. The van der Waals surface area contributed by atoms with Gasteiger partial charge in [0.15, 0.2) is 0 Å². The smallest absolute Gasteiger partial charge is 0.264 e. The van der Waals surface area contributed by atoms with Crippen LogP contribution < -0.4 is 9.62 Å². The van der Waals surface area contributed by atoms with E-state index in [2.05, 4.69) is 5.32 Å². The van der Waals surface area contributed by atoms with E-state index in [0.717, 1.165) is 26.6 Å². The summed E-state index contributed by atoms with van der Waals surface area (Å²) in [6.45, 7) is 5.74. The van der Waals surface area contributed by atoms with Crippen LogP contribution in [-0.2, 0) is 21.2 Å². The number of benzene rings is 3. The third-order valence-electron chi connectivity index (χ3n) is 5.27. The van der Waals surface area contributed by atoms with Crippen molar-refractivity contribution < 1.29 is 17.6 Å². The number of aryl methyl sites for hydroxylation is 4. The number of carbonyl (C=O) groups excluding carboxylic acids is 1. The zero-order chi connectivity index (χ0) is 24.0. The maximum atomic E-state index is 13.5. The summed E-state index contributed by atoms with van der Waals surface area (Å²) in [5.74, 6) is -0.669. The predicted octanol–water partition coefficient (Wildman–Crippen LogP) is 4.70. The minimum atomic E-state index is -3.94. The molecule has 0 unspecified atom stereocenters. The third-order valence-corrected chi connectivity index (χ3v) is 7.06. The predicted molar refractivity (Wildman–Crippen MR) is 129 cm³/mol. The maximum absolute atomic E-state index is 13.5. The van der Waals surface area contributed by atoms with Gasteiger partial charge in [0, 0.05) is 6.54 Å². The Hall–Kier alpha value is -3.19. The topological polar surface area (TPSA) is 66.5 Å². The number of halogens is 1. The molecule has 1 amide bonds. The zero-order valence-corrected chi connectivity index (χ0v) is 20.0. The number of carbonyl (C=O) groups is 1. The summed E-state index contributed by atoms with van der Waals surface area (Å²) in [5, 5.41) is 2.81. The molecular weight excluding hydrogens is 439 g/mol. The summed E-state index contributed by atoms with van der Waals surface area (Å²) in [5.41, 5.74) is 4.20. The fraction of sp³-hybridized carbons (Fsp3) is 0.269. The van der Waals surface area contributed by atoms with E-state index in [1.165, 1.54) is 12.1 Å². The summed E-state index contributed by atoms with van der Waals surface area (Å²) >= 11 is 0. The van der Waals surface area contributed by atoms with Crippen LogP contribution in [0.2, 0.25) is 0 Å². The first-order valence-electron chi connectivity index (χ1n) is 10.8. The molecule has 3 rings (SSSR count). The molecule has 0 radical (unpaired) electrons. The molecule has 3 aromatic rings. The number of hydrogen-bond donors (Lipinski definition) is 1. The van der Waals surface area contributed by atoms with Crippen molar-refractivity contribution in [3.05, 3.63) is 94.8 Å². The van der Waals surface area contributed by atoms with Gasteiger partial charge in [-0.1, -0.05) is 35.9 Å². The second-order valence-corrected chi connectivity index (χ2v) is 10.1. The lowest BCUT2D eigenvalue weighted by Crippen LogP contribution is -2.41. The van der Waals surface area contributed by atoms with Crippen molar-refractivity contribution in [1.82, 2.24) is 5.32 Å². The highest BCUT2D eigenvalue weighted by Gasteiger charge is 2.27. The zero-order valence-electron chi connectivity index (χ0n) is 19.1. The molecule has 5 nitrogen and oxygen atoms in total. The molecule has 3 aromatic carbocycles. The van der Waals surface area contributed by atoms with Gasteiger partial charge in [-0.05, 0) is 86.7 Å². The fourth-order valence-electron chi connectivity index (χ4n) is 3.60. The molecule has 0 saturated carbocycles. The van der Waals surface area contributed by atoms with Crippen LogP contribution in [0, 0.1) is 26.6 Å². The highest BCUT2D eigenvalue weighted by molar-refractivity contribution is 7.92. The largest absolute Gasteiger partial charge is 0.355 e. The van der Waals surface area contributed by atoms with Crippen LogP contribution in [0.25, 0.3) is 0 Å². The molecule has 0 aliphatic heterocycles. The van der Waals surface area contributed by atoms with Gasteiger partial charge >= 0.3 is 0 Å². The summed E-state index contributed by atoms with van der Waals surface area (Å²) in [7, 11) is -3.94. The molecule has 0 heterocycles. The van der Waals surface area contributed by atoms with Crippen molar-refractivity contribution in [3.8, 4) is 0 Å². The van der Waals surface area contributed by atoms with E-state index in [-0.39, 0.29) is 23.2 Å². The van der Waals surface area contributed by atoms with Gasteiger partial charge in [-0.3, -0.25) is 9.10 Å². The van der Waals surface area contributed by atoms with Gasteiger partial charge < -0.3 is 5.32 Å². The normalized spacial score (nSPS) is 11.3. The Kier molecular flexibility index (Phi) is 7.87. The third kappa shape index (κ3) is 6.65. The molecule has 0 saturated heterocycles. The molecule has 0 aliphatic carbocycles. The molecule has 7 heteroatoms. The number of anilines is 1. The Labute approximate surface area is 195 Å². The Bertz CT molecular complexity index is 1190. The van der Waals surface area contributed by atoms with Crippen LogP contribution in [0.3, 0.4) is 0 Å². The molecule has 174 valence electrons. The number of nitrogens with one attached hydrogen (secondary N) is 1. The van der Waals surface area contributed by atoms with Gasteiger partial charge in [0.05, 0.1) is 10.6 Å². The van der Waals surface area contributed by atoms with Gasteiger partial charge in [0.1, 0.15) is 12.4 Å². The Morgan fingerprint density at radius 1 is 0.879 bits per heavy atom. The monoisotopic (exact) mass is 468 g/mol. The van der Waals surface area contributed by atoms with Crippen molar-refractivity contribution in [2.75, 3.05) is 17.4 Å². The summed E-state index contributed by atoms with van der Waals surface area (Å²) in [6.07, 6.45) is 1.34. The van der Waals surface area contributed by atoms with E-state index in [9.17, 15) is 17.6 Å². The molecule has 0 atom stereocenters. The lowest BCUT2D eigenvalue weighted by molar-refractivity contribution is -0.119. The minimum absolute atomic E-state index is 0.136. The Balaban J connectivity index is 1.74. The van der Waals surface area contributed by atoms with E-state index < -0.39 is 10.0 Å². The van der Waals surface area contributed by atoms with Gasteiger partial charge in [-0.25, -0.2) is 12.8 Å². The van der Waals surface area contributed by atoms with Crippen molar-refractivity contribution in [1.29, 1.82) is 0 Å². The van der Waals surface area contributed by atoms with Crippen molar-refractivity contribution in [3.63, 3.8) is 0 Å². The first-order chi connectivity index (χ1) is 15.6. The minimum Gasteiger partial charge on any atom is -0.355 e. The van der Waals surface area contributed by atoms with Gasteiger partial charge in [-0.15, -0.1) is 0 Å². The van der Waals surface area contributed by atoms with Crippen LogP contribution in [0.5, 0.6) is 0 Å². The van der Waals surface area contributed by atoms with Crippen molar-refractivity contribution in [2.24, 2.45) is 0 Å². The summed E-state index contributed by atoms with van der Waals surface area (Å²) < 4.78 is 41.1. The molecule has 0 aromatic heterocycles. The van der Waals surface area contributed by atoms with Crippen LogP contribution in [0.1, 0.15) is 28.7 Å². The van der Waals surface area contributed by atoms with Crippen LogP contribution in [-0.4, -0.2) is 27.4 Å². The lowest BCUT2D eigenvalue weighted by atomic mass is 10.1. The molecule has 0 bridgehead atoms. The first-order valence-corrected chi connectivity index (χ1v) is 12.3. The van der Waals surface area contributed by atoms with Crippen molar-refractivity contribution >= 4 is 21.6 Å². The molecule has 0 aliphatic rings. The van der Waals surface area contributed by atoms with Crippen LogP contribution in [0.15, 0.2) is 71.6 Å². The number of sulfonamides is 1. The Morgan fingerprint density at radius 2 is 1.48 bits per heavy atom. The highest BCUT2D eigenvalue weighted by atomic mass is 32.2. The molecule has 0 spiro atoms. The van der Waals surface area contributed by atoms with Crippen molar-refractivity contribution in [2.45, 2.75) is 38.5 Å². The van der Waals surface area contributed by atoms with Gasteiger partial charge in [0.25, 0.3) is 10.0 Å². The molecule has 1 N–H and O–H groups in total. The van der Waals surface area contributed by atoms with E-state index in [1.807, 2.05) is 26.8 Å². The fourth-order valence-corrected chi connectivity index (χ4v) is 5.01. The second-order valence-electron chi connectivity index (χ2n) is 8.25. The molecule has 0 fully saturated rings. The summed E-state index contributed by atoms with van der Waals surface area (Å²) in [6, 6.07) is 18.3. The summed E-state index contributed by atoms with van der Waals surface area (Å²) in [4.78, 5) is 12.9. The number of nitrogens with zero attached hydrogens (tertiary/aromatic N) is 1. The van der Waals surface area contributed by atoms with E-state index in [0.29, 0.717) is 25.1 Å². The SMILES string of the molecule is Cc1ccc(S(=O)(=O)N(CC(=O)NCCCc2ccc(F)cc2)c2cc(C)cc(C)c2)cc1. The molecule has 33 heavy (non-hydrogen) atoms. The van der Waals surface area contributed by atoms with Gasteiger partial charge in [-0.2, -0.15) is 0 Å². The Morgan fingerprint density at radius 3 is 2.09 bits per heavy atom. The van der Waals surface area contributed by atoms with E-state index in [1.54, 1.807) is 48.5 Å². The lowest BCUT2D eigenvalue weighted by Gasteiger charge is -2.25. The second kappa shape index (κ2) is 10.6. The van der Waals surface area contributed by atoms with E-state index in [4.69, 9.17) is 0 Å². The maximum Gasteiger partial charge on any atom is 0.264 e. The number of rotatable bonds is 9. The average Bonchev–Trinajstić information content (AvgIpc) is 2.76. The number of amides is 1. The highest BCUT2D eigenvalue weighted by Crippen LogP contribution is 2.26. The van der Waals surface area contributed by atoms with Crippen LogP contribution in [0.4, 0.5) is 10.1 Å². The number of hydrogen-bond acceptors (Lipinski definition) is 3. The van der Waals surface area contributed by atoms with Crippen LogP contribution >= 0.6 is 0 Å². The molecular formula is C26H29FN2O3S.